The third kappa shape index (κ3) is 3.29. The number of carbonyl (C=O) groups is 2. The van der Waals surface area contributed by atoms with Crippen LogP contribution >= 0.6 is 11.7 Å². The largest absolute Gasteiger partial charge is 0.508 e. The molecule has 0 aliphatic carbocycles. The summed E-state index contributed by atoms with van der Waals surface area (Å²) in [5.74, 6) is -2.03. The topological polar surface area (TPSA) is 110 Å². The molecular weight excluding hydrogens is 344 g/mol. The lowest BCUT2D eigenvalue weighted by atomic mass is 9.86. The molecule has 8 heteroatoms. The lowest BCUT2D eigenvalue weighted by molar-refractivity contribution is -0.140. The summed E-state index contributed by atoms with van der Waals surface area (Å²) in [5, 5.41) is 19.4. The minimum atomic E-state index is -1.04. The number of rotatable bonds is 5. The molecule has 1 atom stereocenters. The van der Waals surface area contributed by atoms with Crippen molar-refractivity contribution in [3.63, 3.8) is 0 Å². The molecule has 7 nitrogen and oxygen atoms in total. The Balaban J connectivity index is 2.14. The van der Waals surface area contributed by atoms with Crippen LogP contribution in [0, 0.1) is 0 Å². The van der Waals surface area contributed by atoms with Crippen LogP contribution in [0.25, 0.3) is 11.0 Å². The molecule has 0 fully saturated rings. The van der Waals surface area contributed by atoms with Crippen LogP contribution in [-0.4, -0.2) is 38.0 Å². The van der Waals surface area contributed by atoms with Crippen LogP contribution in [0.1, 0.15) is 33.8 Å². The monoisotopic (exact) mass is 358 g/mol. The van der Waals surface area contributed by atoms with Gasteiger partial charge in [-0.15, -0.1) is 0 Å². The van der Waals surface area contributed by atoms with Crippen molar-refractivity contribution in [1.29, 1.82) is 0 Å². The Hall–Kier alpha value is -3.00. The Morgan fingerprint density at radius 3 is 2.52 bits per heavy atom. The second-order valence-corrected chi connectivity index (χ2v) is 5.92. The molecule has 0 saturated heterocycles. The molecule has 2 N–H and O–H groups in total. The molecule has 2 aromatic carbocycles. The molecule has 0 amide bonds. The van der Waals surface area contributed by atoms with Crippen molar-refractivity contribution in [3.05, 3.63) is 53.1 Å². The number of esters is 1. The molecule has 3 aromatic rings. The first-order valence-electron chi connectivity index (χ1n) is 7.35. The molecule has 128 valence electrons. The van der Waals surface area contributed by atoms with Crippen LogP contribution in [0.15, 0.2) is 36.4 Å². The van der Waals surface area contributed by atoms with Gasteiger partial charge >= 0.3 is 11.9 Å². The molecule has 0 bridgehead atoms. The summed E-state index contributed by atoms with van der Waals surface area (Å²) in [7, 11) is 1.29. The molecule has 1 aromatic heterocycles. The Morgan fingerprint density at radius 1 is 1.16 bits per heavy atom. The van der Waals surface area contributed by atoms with Crippen LogP contribution in [0.3, 0.4) is 0 Å². The number of aromatic hydroxyl groups is 1. The average Bonchev–Trinajstić information content (AvgIpc) is 3.08. The minimum Gasteiger partial charge on any atom is -0.508 e. The Kier molecular flexibility index (Phi) is 4.62. The number of hydrogen-bond acceptors (Lipinski definition) is 7. The van der Waals surface area contributed by atoms with E-state index in [0.717, 1.165) is 11.7 Å². The number of nitrogens with zero attached hydrogens (tertiary/aromatic N) is 2. The number of carbonyl (C=O) groups excluding carboxylic acids is 1. The van der Waals surface area contributed by atoms with Crippen molar-refractivity contribution in [2.45, 2.75) is 12.3 Å². The molecule has 1 heterocycles. The van der Waals surface area contributed by atoms with Crippen molar-refractivity contribution in [1.82, 2.24) is 8.75 Å². The van der Waals surface area contributed by atoms with Crippen molar-refractivity contribution in [2.75, 3.05) is 7.11 Å². The van der Waals surface area contributed by atoms with E-state index in [0.29, 0.717) is 22.2 Å². The predicted octanol–water partition coefficient (Wildman–Crippen LogP) is 2.79. The van der Waals surface area contributed by atoms with Gasteiger partial charge < -0.3 is 14.9 Å². The van der Waals surface area contributed by atoms with Crippen molar-refractivity contribution in [3.8, 4) is 5.75 Å². The zero-order valence-corrected chi connectivity index (χ0v) is 14.0. The SMILES string of the molecule is COC(=O)C[C@H](c1ccc(C(=O)O)cc1)c1c(O)ccc2nsnc12. The highest BCUT2D eigenvalue weighted by Gasteiger charge is 2.25. The van der Waals surface area contributed by atoms with E-state index >= 15 is 0 Å². The van der Waals surface area contributed by atoms with E-state index in [1.807, 2.05) is 0 Å². The number of methoxy groups -OCH3 is 1. The number of phenolic OH excluding ortho intramolecular Hbond substituents is 1. The van der Waals surface area contributed by atoms with E-state index in [1.54, 1.807) is 18.2 Å². The number of carboxylic acid groups (broad SMARTS) is 1. The van der Waals surface area contributed by atoms with Gasteiger partial charge in [0.2, 0.25) is 0 Å². The first-order chi connectivity index (χ1) is 12.0. The summed E-state index contributed by atoms with van der Waals surface area (Å²) in [6.07, 6.45) is -0.0207. The van der Waals surface area contributed by atoms with Crippen LogP contribution in [0.4, 0.5) is 0 Å². The van der Waals surface area contributed by atoms with Gasteiger partial charge in [-0.2, -0.15) is 8.75 Å². The van der Waals surface area contributed by atoms with Gasteiger partial charge in [0.05, 0.1) is 30.8 Å². The first kappa shape index (κ1) is 16.8. The van der Waals surface area contributed by atoms with Crippen molar-refractivity contribution in [2.24, 2.45) is 0 Å². The summed E-state index contributed by atoms with van der Waals surface area (Å²) >= 11 is 1.01. The Morgan fingerprint density at radius 2 is 1.88 bits per heavy atom. The second kappa shape index (κ2) is 6.86. The highest BCUT2D eigenvalue weighted by atomic mass is 32.1. The fraction of sp³-hybridized carbons (Fsp3) is 0.176. The predicted molar refractivity (Wildman–Crippen MR) is 91.0 cm³/mol. The van der Waals surface area contributed by atoms with Gasteiger partial charge in [0, 0.05) is 11.5 Å². The van der Waals surface area contributed by atoms with Gasteiger partial charge in [0.1, 0.15) is 16.8 Å². The standard InChI is InChI=1S/C17H14N2O5S/c1-24-14(21)8-11(9-2-4-10(5-3-9)17(22)23)15-13(20)7-6-12-16(15)19-25-18-12/h2-7,11,20H,8H2,1H3,(H,22,23)/t11-/m1/s1. The van der Waals surface area contributed by atoms with E-state index in [9.17, 15) is 14.7 Å². The quantitative estimate of drug-likeness (QED) is 0.675. The minimum absolute atomic E-state index is 0.00332. The third-order valence-electron chi connectivity index (χ3n) is 3.95. The summed E-state index contributed by atoms with van der Waals surface area (Å²) in [6.45, 7) is 0. The highest BCUT2D eigenvalue weighted by Crippen LogP contribution is 2.38. The van der Waals surface area contributed by atoms with Gasteiger partial charge in [-0.25, -0.2) is 4.79 Å². The summed E-state index contributed by atoms with van der Waals surface area (Å²) in [4.78, 5) is 22.9. The molecule has 0 aliphatic rings. The lowest BCUT2D eigenvalue weighted by Crippen LogP contribution is -2.11. The zero-order valence-electron chi connectivity index (χ0n) is 13.2. The molecule has 25 heavy (non-hydrogen) atoms. The van der Waals surface area contributed by atoms with E-state index in [4.69, 9.17) is 9.84 Å². The van der Waals surface area contributed by atoms with Gasteiger partial charge in [-0.05, 0) is 29.8 Å². The van der Waals surface area contributed by atoms with E-state index in [2.05, 4.69) is 8.75 Å². The number of fused-ring (bicyclic) bond motifs is 1. The van der Waals surface area contributed by atoms with Crippen LogP contribution in [0.5, 0.6) is 5.75 Å². The molecular formula is C17H14N2O5S. The van der Waals surface area contributed by atoms with Gasteiger partial charge in [0.25, 0.3) is 0 Å². The fourth-order valence-corrected chi connectivity index (χ4v) is 3.25. The maximum Gasteiger partial charge on any atom is 0.335 e. The smallest absolute Gasteiger partial charge is 0.335 e. The number of phenols is 1. The van der Waals surface area contributed by atoms with Gasteiger partial charge in [-0.3, -0.25) is 4.79 Å². The van der Waals surface area contributed by atoms with E-state index in [-0.39, 0.29) is 17.7 Å². The lowest BCUT2D eigenvalue weighted by Gasteiger charge is -2.18. The van der Waals surface area contributed by atoms with Gasteiger partial charge in [-0.1, -0.05) is 12.1 Å². The van der Waals surface area contributed by atoms with Crippen molar-refractivity contribution >= 4 is 34.7 Å². The molecule has 3 rings (SSSR count). The number of benzene rings is 2. The molecule has 0 aliphatic heterocycles. The summed E-state index contributed by atoms with van der Waals surface area (Å²) < 4.78 is 13.2. The number of ether oxygens (including phenoxy) is 1. The molecule has 0 spiro atoms. The highest BCUT2D eigenvalue weighted by molar-refractivity contribution is 7.00. The number of carboxylic acids is 1. The number of aromatic carboxylic acids is 1. The summed E-state index contributed by atoms with van der Waals surface area (Å²) in [5.41, 5.74) is 2.42. The maximum atomic E-state index is 11.9. The maximum absolute atomic E-state index is 11.9. The normalized spacial score (nSPS) is 12.0. The fourth-order valence-electron chi connectivity index (χ4n) is 2.70. The molecule has 0 unspecified atom stereocenters. The third-order valence-corrected chi connectivity index (χ3v) is 4.49. The van der Waals surface area contributed by atoms with Crippen LogP contribution < -0.4 is 0 Å². The summed E-state index contributed by atoms with van der Waals surface area (Å²) in [6, 6.07) is 9.32. The molecule has 0 saturated carbocycles. The Labute approximate surface area is 146 Å². The zero-order chi connectivity index (χ0) is 18.0. The van der Waals surface area contributed by atoms with Crippen LogP contribution in [-0.2, 0) is 9.53 Å². The van der Waals surface area contributed by atoms with Crippen LogP contribution in [0.2, 0.25) is 0 Å². The van der Waals surface area contributed by atoms with E-state index in [1.165, 1.54) is 25.3 Å². The first-order valence-corrected chi connectivity index (χ1v) is 8.08. The Bertz CT molecular complexity index is 936. The average molecular weight is 358 g/mol. The second-order valence-electron chi connectivity index (χ2n) is 5.39. The number of hydrogen-bond donors (Lipinski definition) is 2. The van der Waals surface area contributed by atoms with Crippen molar-refractivity contribution < 1.29 is 24.5 Å². The number of aromatic nitrogens is 2. The molecule has 0 radical (unpaired) electrons. The van der Waals surface area contributed by atoms with Gasteiger partial charge in [0.15, 0.2) is 0 Å². The van der Waals surface area contributed by atoms with E-state index < -0.39 is 17.9 Å².